The van der Waals surface area contributed by atoms with Gasteiger partial charge in [-0.05, 0) is 12.1 Å². The van der Waals surface area contributed by atoms with Crippen molar-refractivity contribution < 1.29 is 47.5 Å². The fourth-order valence-electron chi connectivity index (χ4n) is 3.42. The number of carbonyl (C=O) groups excluding carboxylic acids is 2. The van der Waals surface area contributed by atoms with Crippen molar-refractivity contribution in [2.24, 2.45) is 0 Å². The maximum atomic E-state index is 12.4. The second-order valence-electron chi connectivity index (χ2n) is 6.12. The van der Waals surface area contributed by atoms with Gasteiger partial charge in [0.2, 0.25) is 25.1 Å². The summed E-state index contributed by atoms with van der Waals surface area (Å²) in [5, 5.41) is 0. The third kappa shape index (κ3) is 2.79. The van der Waals surface area contributed by atoms with E-state index in [1.807, 2.05) is 0 Å². The van der Waals surface area contributed by atoms with Crippen molar-refractivity contribution in [3.05, 3.63) is 23.3 Å². The van der Waals surface area contributed by atoms with Gasteiger partial charge in [0.25, 0.3) is 0 Å². The summed E-state index contributed by atoms with van der Waals surface area (Å²) >= 11 is 0. The summed E-state index contributed by atoms with van der Waals surface area (Å²) in [6.45, 7) is -0.185. The Balaban J connectivity index is 2.05. The van der Waals surface area contributed by atoms with Crippen molar-refractivity contribution in [1.29, 1.82) is 0 Å². The zero-order chi connectivity index (χ0) is 21.4. The molecule has 2 aliphatic rings. The average Bonchev–Trinajstić information content (AvgIpc) is 3.45. The Bertz CT molecular complexity index is 959. The van der Waals surface area contributed by atoms with E-state index in [0.29, 0.717) is 11.1 Å². The molecule has 0 amide bonds. The Labute approximate surface area is 171 Å². The molecule has 2 aromatic carbocycles. The summed E-state index contributed by atoms with van der Waals surface area (Å²) in [6.07, 6.45) is 0. The number of benzene rings is 2. The molecule has 0 atom stereocenters. The number of rotatable bonds is 5. The third-order valence-corrected chi connectivity index (χ3v) is 4.70. The molecule has 4 rings (SSSR count). The molecule has 10 heteroatoms. The summed E-state index contributed by atoms with van der Waals surface area (Å²) in [5.41, 5.74) is 1.03. The van der Waals surface area contributed by atoms with E-state index in [9.17, 15) is 9.59 Å². The average molecular weight is 418 g/mol. The number of hydrogen-bond acceptors (Lipinski definition) is 10. The van der Waals surface area contributed by atoms with Gasteiger partial charge in [0, 0.05) is 11.1 Å². The third-order valence-electron chi connectivity index (χ3n) is 4.70. The van der Waals surface area contributed by atoms with Crippen LogP contribution in [-0.2, 0) is 9.47 Å². The van der Waals surface area contributed by atoms with E-state index in [-0.39, 0.29) is 59.2 Å². The van der Waals surface area contributed by atoms with Crippen LogP contribution in [0.3, 0.4) is 0 Å². The first kappa shape index (κ1) is 19.5. The molecule has 2 heterocycles. The van der Waals surface area contributed by atoms with Gasteiger partial charge in [-0.3, -0.25) is 0 Å². The molecule has 30 heavy (non-hydrogen) atoms. The fourth-order valence-corrected chi connectivity index (χ4v) is 3.42. The van der Waals surface area contributed by atoms with E-state index in [1.165, 1.54) is 40.6 Å². The molecule has 0 bridgehead atoms. The van der Waals surface area contributed by atoms with Gasteiger partial charge in [0.05, 0.1) is 28.4 Å². The van der Waals surface area contributed by atoms with Crippen molar-refractivity contribution in [3.63, 3.8) is 0 Å². The molecule has 158 valence electrons. The molecular formula is C20H18O10. The van der Waals surface area contributed by atoms with Crippen molar-refractivity contribution in [2.45, 2.75) is 0 Å². The Kier molecular flexibility index (Phi) is 4.90. The van der Waals surface area contributed by atoms with Crippen molar-refractivity contribution in [2.75, 3.05) is 42.0 Å². The SMILES string of the molecule is COC(=O)c1cc(-c2cc(C(=O)OC)c3c(c2OC)OCO3)c(OC)c2c1OCO2. The predicted molar refractivity (Wildman–Crippen MR) is 99.9 cm³/mol. The molecule has 0 N–H and O–H groups in total. The van der Waals surface area contributed by atoms with Crippen LogP contribution in [0, 0.1) is 0 Å². The zero-order valence-corrected chi connectivity index (χ0v) is 16.7. The Morgan fingerprint density at radius 3 is 1.37 bits per heavy atom. The predicted octanol–water partition coefficient (Wildman–Crippen LogP) is 2.40. The lowest BCUT2D eigenvalue weighted by Gasteiger charge is -2.18. The van der Waals surface area contributed by atoms with Crippen molar-refractivity contribution >= 4 is 11.9 Å². The fraction of sp³-hybridized carbons (Fsp3) is 0.300. The maximum Gasteiger partial charge on any atom is 0.341 e. The number of methoxy groups -OCH3 is 4. The summed E-state index contributed by atoms with van der Waals surface area (Å²) in [4.78, 5) is 24.7. The van der Waals surface area contributed by atoms with Crippen molar-refractivity contribution in [1.82, 2.24) is 0 Å². The van der Waals surface area contributed by atoms with Crippen molar-refractivity contribution in [3.8, 4) is 45.6 Å². The molecule has 0 aliphatic carbocycles. The van der Waals surface area contributed by atoms with Gasteiger partial charge in [0.1, 0.15) is 11.1 Å². The summed E-state index contributed by atoms with van der Waals surface area (Å²) in [6, 6.07) is 3.03. The van der Waals surface area contributed by atoms with E-state index in [1.54, 1.807) is 0 Å². The largest absolute Gasteiger partial charge is 0.492 e. The van der Waals surface area contributed by atoms with Gasteiger partial charge in [-0.2, -0.15) is 0 Å². The van der Waals surface area contributed by atoms with E-state index in [0.717, 1.165) is 0 Å². The van der Waals surface area contributed by atoms with E-state index in [4.69, 9.17) is 37.9 Å². The van der Waals surface area contributed by atoms with Gasteiger partial charge < -0.3 is 37.9 Å². The monoisotopic (exact) mass is 418 g/mol. The highest BCUT2D eigenvalue weighted by Crippen LogP contribution is 2.55. The number of ether oxygens (including phenoxy) is 8. The van der Waals surface area contributed by atoms with E-state index < -0.39 is 11.9 Å². The Morgan fingerprint density at radius 2 is 1.03 bits per heavy atom. The molecule has 2 aromatic rings. The maximum absolute atomic E-state index is 12.4. The first-order valence-electron chi connectivity index (χ1n) is 8.73. The molecule has 10 nitrogen and oxygen atoms in total. The summed E-state index contributed by atoms with van der Waals surface area (Å²) in [7, 11) is 5.40. The molecule has 0 saturated heterocycles. The van der Waals surface area contributed by atoms with Gasteiger partial charge in [-0.1, -0.05) is 0 Å². The van der Waals surface area contributed by atoms with Gasteiger partial charge in [-0.25, -0.2) is 9.59 Å². The number of fused-ring (bicyclic) bond motifs is 2. The number of hydrogen-bond donors (Lipinski definition) is 0. The van der Waals surface area contributed by atoms with Gasteiger partial charge in [-0.15, -0.1) is 0 Å². The summed E-state index contributed by atoms with van der Waals surface area (Å²) in [5.74, 6) is 0.170. The van der Waals surface area contributed by atoms with Crippen LogP contribution in [0.1, 0.15) is 20.7 Å². The summed E-state index contributed by atoms with van der Waals surface area (Å²) < 4.78 is 42.8. The Morgan fingerprint density at radius 1 is 0.667 bits per heavy atom. The second kappa shape index (κ2) is 7.54. The quantitative estimate of drug-likeness (QED) is 0.672. The second-order valence-corrected chi connectivity index (χ2v) is 6.12. The zero-order valence-electron chi connectivity index (χ0n) is 16.7. The molecular weight excluding hydrogens is 400 g/mol. The first-order valence-corrected chi connectivity index (χ1v) is 8.73. The lowest BCUT2D eigenvalue weighted by molar-refractivity contribution is 0.0586. The minimum atomic E-state index is -0.631. The molecule has 0 spiro atoms. The highest BCUT2D eigenvalue weighted by Gasteiger charge is 2.35. The van der Waals surface area contributed by atoms with Crippen LogP contribution < -0.4 is 28.4 Å². The van der Waals surface area contributed by atoms with Crippen LogP contribution >= 0.6 is 0 Å². The standard InChI is InChI=1S/C20H18O10/c1-23-13-9(5-11(19(21)25-3)15-17(13)29-7-27-15)10-6-12(20(22)26-4)16-18(14(10)24-2)30-8-28-16/h5-6H,7-8H2,1-4H3. The molecule has 0 radical (unpaired) electrons. The van der Waals surface area contributed by atoms with Crippen LogP contribution in [0.5, 0.6) is 34.5 Å². The lowest BCUT2D eigenvalue weighted by atomic mass is 9.96. The molecule has 0 aromatic heterocycles. The van der Waals surface area contributed by atoms with Gasteiger partial charge in [0.15, 0.2) is 23.0 Å². The highest BCUT2D eigenvalue weighted by molar-refractivity contribution is 6.01. The number of esters is 2. The number of carbonyl (C=O) groups is 2. The van der Waals surface area contributed by atoms with E-state index >= 15 is 0 Å². The molecule has 2 aliphatic heterocycles. The minimum absolute atomic E-state index is 0.0924. The van der Waals surface area contributed by atoms with E-state index in [2.05, 4.69) is 0 Å². The topological polar surface area (TPSA) is 108 Å². The highest BCUT2D eigenvalue weighted by atomic mass is 16.7. The molecule has 0 saturated carbocycles. The van der Waals surface area contributed by atoms with Crippen LogP contribution in [0.25, 0.3) is 11.1 Å². The van der Waals surface area contributed by atoms with Crippen LogP contribution in [0.4, 0.5) is 0 Å². The smallest absolute Gasteiger partial charge is 0.341 e. The van der Waals surface area contributed by atoms with Crippen LogP contribution in [0.15, 0.2) is 12.1 Å². The normalized spacial score (nSPS) is 13.1. The van der Waals surface area contributed by atoms with Crippen LogP contribution in [-0.4, -0.2) is 54.0 Å². The first-order chi connectivity index (χ1) is 14.5. The molecule has 0 fully saturated rings. The Hall–Kier alpha value is -3.82. The molecule has 0 unspecified atom stereocenters. The minimum Gasteiger partial charge on any atom is -0.492 e. The van der Waals surface area contributed by atoms with Gasteiger partial charge >= 0.3 is 11.9 Å². The lowest BCUT2D eigenvalue weighted by Crippen LogP contribution is -2.06. The van der Waals surface area contributed by atoms with Crippen LogP contribution in [0.2, 0.25) is 0 Å².